The van der Waals surface area contributed by atoms with Crippen molar-refractivity contribution in [1.29, 1.82) is 0 Å². The molecule has 0 unspecified atom stereocenters. The lowest BCUT2D eigenvalue weighted by Crippen LogP contribution is -2.33. The highest BCUT2D eigenvalue weighted by Gasteiger charge is 2.14. The number of carbonyl (C=O) groups excluding carboxylic acids is 1. The molecule has 0 radical (unpaired) electrons. The van der Waals surface area contributed by atoms with Gasteiger partial charge in [0.2, 0.25) is 0 Å². The van der Waals surface area contributed by atoms with Crippen LogP contribution in [0.15, 0.2) is 84.3 Å². The van der Waals surface area contributed by atoms with Crippen LogP contribution in [-0.4, -0.2) is 25.4 Å². The van der Waals surface area contributed by atoms with Crippen LogP contribution in [-0.2, 0) is 13.1 Å². The normalized spacial score (nSPS) is 11.0. The lowest BCUT2D eigenvalue weighted by atomic mass is 10.0. The Morgan fingerprint density at radius 2 is 1.91 bits per heavy atom. The van der Waals surface area contributed by atoms with E-state index in [0.29, 0.717) is 5.56 Å². The van der Waals surface area contributed by atoms with Gasteiger partial charge in [-0.15, -0.1) is 0 Å². The van der Waals surface area contributed by atoms with Crippen LogP contribution in [0.25, 0.3) is 22.2 Å². The molecular weight excluding hydrogens is 452 g/mol. The van der Waals surface area contributed by atoms with Crippen LogP contribution in [0, 0.1) is 11.6 Å². The molecule has 5 rings (SSSR count). The van der Waals surface area contributed by atoms with Gasteiger partial charge < -0.3 is 10.3 Å². The highest BCUT2D eigenvalue weighted by atomic mass is 19.2. The fourth-order valence-corrected chi connectivity index (χ4v) is 3.87. The molecule has 174 valence electrons. The third-order valence-electron chi connectivity index (χ3n) is 5.62. The fourth-order valence-electron chi connectivity index (χ4n) is 3.87. The summed E-state index contributed by atoms with van der Waals surface area (Å²) >= 11 is 0. The number of halogens is 2. The van der Waals surface area contributed by atoms with Crippen LogP contribution in [0.4, 0.5) is 8.78 Å². The van der Waals surface area contributed by atoms with E-state index in [4.69, 9.17) is 0 Å². The van der Waals surface area contributed by atoms with E-state index in [1.165, 1.54) is 23.2 Å². The summed E-state index contributed by atoms with van der Waals surface area (Å²) < 4.78 is 27.8. The predicted octanol–water partition coefficient (Wildman–Crippen LogP) is 4.04. The van der Waals surface area contributed by atoms with Gasteiger partial charge in [0.05, 0.1) is 12.9 Å². The van der Waals surface area contributed by atoms with Crippen molar-refractivity contribution in [1.82, 2.24) is 24.8 Å². The largest absolute Gasteiger partial charge is 0.348 e. The molecule has 0 spiro atoms. The number of rotatable bonds is 6. The Labute approximate surface area is 198 Å². The molecular formula is C26H19F2N5O2. The molecule has 5 aromatic rings. The number of H-pyrrole nitrogens is 1. The molecule has 0 atom stereocenters. The minimum absolute atomic E-state index is 0.0499. The van der Waals surface area contributed by atoms with Gasteiger partial charge >= 0.3 is 0 Å². The van der Waals surface area contributed by atoms with E-state index in [-0.39, 0.29) is 18.7 Å². The molecule has 7 nitrogen and oxygen atoms in total. The minimum Gasteiger partial charge on any atom is -0.348 e. The summed E-state index contributed by atoms with van der Waals surface area (Å²) in [6, 6.07) is 14.9. The number of hydrogen-bond donors (Lipinski definition) is 2. The molecule has 9 heteroatoms. The van der Waals surface area contributed by atoms with Crippen molar-refractivity contribution in [2.24, 2.45) is 0 Å². The van der Waals surface area contributed by atoms with Crippen LogP contribution in [0.3, 0.4) is 0 Å². The number of nitrogens with one attached hydrogen (secondary N) is 2. The average molecular weight is 471 g/mol. The Hall–Kier alpha value is -4.66. The van der Waals surface area contributed by atoms with Gasteiger partial charge in [0.1, 0.15) is 11.2 Å². The van der Waals surface area contributed by atoms with E-state index in [9.17, 15) is 18.4 Å². The summed E-state index contributed by atoms with van der Waals surface area (Å²) in [5, 5.41) is 3.74. The van der Waals surface area contributed by atoms with Crippen molar-refractivity contribution in [2.75, 3.05) is 0 Å². The number of aromatic nitrogens is 4. The second kappa shape index (κ2) is 9.30. The molecule has 0 aliphatic heterocycles. The van der Waals surface area contributed by atoms with Crippen molar-refractivity contribution in [3.8, 4) is 11.1 Å². The van der Waals surface area contributed by atoms with E-state index < -0.39 is 23.1 Å². The van der Waals surface area contributed by atoms with E-state index >= 15 is 0 Å². The number of amides is 1. The first-order chi connectivity index (χ1) is 17.0. The first-order valence-electron chi connectivity index (χ1n) is 10.8. The summed E-state index contributed by atoms with van der Waals surface area (Å²) in [6.45, 7) is 0.149. The summed E-state index contributed by atoms with van der Waals surface area (Å²) in [7, 11) is 0. The quantitative estimate of drug-likeness (QED) is 0.391. The molecule has 0 saturated carbocycles. The Balaban J connectivity index is 1.32. The predicted molar refractivity (Wildman–Crippen MR) is 127 cm³/mol. The molecule has 0 fully saturated rings. The van der Waals surface area contributed by atoms with Crippen LogP contribution >= 0.6 is 0 Å². The van der Waals surface area contributed by atoms with Crippen molar-refractivity contribution in [2.45, 2.75) is 13.1 Å². The Morgan fingerprint density at radius 1 is 1.03 bits per heavy atom. The molecule has 2 N–H and O–H groups in total. The van der Waals surface area contributed by atoms with Crippen molar-refractivity contribution in [3.05, 3.63) is 118 Å². The number of aromatic amines is 1. The lowest BCUT2D eigenvalue weighted by molar-refractivity contribution is 0.0948. The SMILES string of the molecule is O=C(NCc1cccc(-c2c[nH]c3ncccc23)c1)c1cncn(Cc2ccc(F)c(F)c2)c1=O. The van der Waals surface area contributed by atoms with Gasteiger partial charge in [0.25, 0.3) is 11.5 Å². The molecule has 3 aromatic heterocycles. The van der Waals surface area contributed by atoms with Crippen LogP contribution in [0.5, 0.6) is 0 Å². The maximum Gasteiger partial charge on any atom is 0.266 e. The highest BCUT2D eigenvalue weighted by molar-refractivity contribution is 5.94. The zero-order valence-electron chi connectivity index (χ0n) is 18.3. The molecule has 0 aliphatic rings. The summed E-state index contributed by atoms with van der Waals surface area (Å²) in [6.07, 6.45) is 6.05. The van der Waals surface area contributed by atoms with Gasteiger partial charge in [-0.25, -0.2) is 18.7 Å². The Morgan fingerprint density at radius 3 is 2.77 bits per heavy atom. The number of nitrogens with zero attached hydrogens (tertiary/aromatic N) is 3. The van der Waals surface area contributed by atoms with Gasteiger partial charge in [-0.2, -0.15) is 0 Å². The third-order valence-corrected chi connectivity index (χ3v) is 5.62. The summed E-state index contributed by atoms with van der Waals surface area (Å²) in [5.41, 5.74) is 3.24. The van der Waals surface area contributed by atoms with Gasteiger partial charge in [-0.1, -0.05) is 24.3 Å². The highest BCUT2D eigenvalue weighted by Crippen LogP contribution is 2.28. The molecule has 3 heterocycles. The number of benzene rings is 2. The van der Waals surface area contributed by atoms with Gasteiger partial charge in [-0.3, -0.25) is 14.2 Å². The van der Waals surface area contributed by atoms with Gasteiger partial charge in [0, 0.05) is 36.1 Å². The average Bonchev–Trinajstić information content (AvgIpc) is 3.30. The van der Waals surface area contributed by atoms with E-state index in [2.05, 4.69) is 20.3 Å². The van der Waals surface area contributed by atoms with Crippen molar-refractivity contribution >= 4 is 16.9 Å². The molecule has 35 heavy (non-hydrogen) atoms. The van der Waals surface area contributed by atoms with Gasteiger partial charge in [0.15, 0.2) is 11.6 Å². The topological polar surface area (TPSA) is 92.7 Å². The first-order valence-corrected chi connectivity index (χ1v) is 10.8. The summed E-state index contributed by atoms with van der Waals surface area (Å²) in [5.74, 6) is -2.56. The Kier molecular flexibility index (Phi) is 5.88. The third kappa shape index (κ3) is 4.56. The minimum atomic E-state index is -1.01. The first kappa shape index (κ1) is 22.1. The molecule has 0 bridgehead atoms. The smallest absolute Gasteiger partial charge is 0.266 e. The van der Waals surface area contributed by atoms with Crippen molar-refractivity contribution in [3.63, 3.8) is 0 Å². The van der Waals surface area contributed by atoms with Gasteiger partial charge in [-0.05, 0) is 47.0 Å². The molecule has 1 amide bonds. The number of fused-ring (bicyclic) bond motifs is 1. The zero-order chi connectivity index (χ0) is 24.4. The molecule has 0 aliphatic carbocycles. The zero-order valence-corrected chi connectivity index (χ0v) is 18.3. The second-order valence-corrected chi connectivity index (χ2v) is 7.97. The maximum atomic E-state index is 13.5. The monoisotopic (exact) mass is 471 g/mol. The number of pyridine rings is 1. The van der Waals surface area contributed by atoms with E-state index in [1.807, 2.05) is 42.6 Å². The summed E-state index contributed by atoms with van der Waals surface area (Å²) in [4.78, 5) is 37.0. The van der Waals surface area contributed by atoms with E-state index in [0.717, 1.165) is 39.9 Å². The number of hydrogen-bond acceptors (Lipinski definition) is 4. The van der Waals surface area contributed by atoms with Crippen LogP contribution in [0.2, 0.25) is 0 Å². The van der Waals surface area contributed by atoms with Crippen LogP contribution < -0.4 is 10.9 Å². The lowest BCUT2D eigenvalue weighted by Gasteiger charge is -2.09. The fraction of sp³-hybridized carbons (Fsp3) is 0.0769. The second-order valence-electron chi connectivity index (χ2n) is 7.97. The Bertz CT molecular complexity index is 1610. The standard InChI is InChI=1S/C26H19F2N5O2/c27-22-7-6-17(10-23(22)28)14-33-15-29-12-21(26(33)35)25(34)32-11-16-3-1-4-18(9-16)20-13-31-24-19(20)5-2-8-30-24/h1-10,12-13,15H,11,14H2,(H,30,31)(H,32,34). The molecule has 0 saturated heterocycles. The van der Waals surface area contributed by atoms with Crippen LogP contribution in [0.1, 0.15) is 21.5 Å². The number of carbonyl (C=O) groups is 1. The molecule has 2 aromatic carbocycles. The van der Waals surface area contributed by atoms with Crippen molar-refractivity contribution < 1.29 is 13.6 Å². The van der Waals surface area contributed by atoms with E-state index in [1.54, 1.807) is 6.20 Å². The maximum absolute atomic E-state index is 13.5.